The SMILES string of the molecule is C1=CC(c2ccccc2-c2nccc3ccccc23)C1. The number of hydrogen-bond donors (Lipinski definition) is 0. The van der Waals surface area contributed by atoms with E-state index in [-0.39, 0.29) is 0 Å². The zero-order chi connectivity index (χ0) is 13.4. The van der Waals surface area contributed by atoms with Gasteiger partial charge in [-0.2, -0.15) is 0 Å². The molecule has 0 N–H and O–H groups in total. The van der Waals surface area contributed by atoms with Crippen LogP contribution in [0.3, 0.4) is 0 Å². The molecule has 0 spiro atoms. The van der Waals surface area contributed by atoms with Gasteiger partial charge in [0.25, 0.3) is 0 Å². The van der Waals surface area contributed by atoms with E-state index >= 15 is 0 Å². The molecule has 0 saturated heterocycles. The fourth-order valence-electron chi connectivity index (χ4n) is 2.87. The minimum absolute atomic E-state index is 0.548. The summed E-state index contributed by atoms with van der Waals surface area (Å²) in [6.07, 6.45) is 7.56. The lowest BCUT2D eigenvalue weighted by molar-refractivity contribution is 0.795. The first-order chi connectivity index (χ1) is 9.93. The zero-order valence-corrected chi connectivity index (χ0v) is 11.2. The van der Waals surface area contributed by atoms with Crippen molar-refractivity contribution in [2.75, 3.05) is 0 Å². The van der Waals surface area contributed by atoms with Gasteiger partial charge in [0.1, 0.15) is 0 Å². The van der Waals surface area contributed by atoms with Gasteiger partial charge < -0.3 is 0 Å². The summed E-state index contributed by atoms with van der Waals surface area (Å²) in [5.41, 5.74) is 3.75. The smallest absolute Gasteiger partial charge is 0.0783 e. The summed E-state index contributed by atoms with van der Waals surface area (Å²) in [5, 5.41) is 2.47. The number of pyridine rings is 1. The van der Waals surface area contributed by atoms with E-state index in [2.05, 4.69) is 71.7 Å². The molecule has 0 aliphatic heterocycles. The first kappa shape index (κ1) is 11.4. The fraction of sp³-hybridized carbons (Fsp3) is 0.105. The van der Waals surface area contributed by atoms with Crippen LogP contribution >= 0.6 is 0 Å². The highest BCUT2D eigenvalue weighted by molar-refractivity contribution is 5.95. The van der Waals surface area contributed by atoms with Crippen LogP contribution < -0.4 is 0 Å². The number of rotatable bonds is 2. The van der Waals surface area contributed by atoms with Gasteiger partial charge in [0.2, 0.25) is 0 Å². The van der Waals surface area contributed by atoms with Crippen LogP contribution in [0.15, 0.2) is 72.9 Å². The summed E-state index contributed by atoms with van der Waals surface area (Å²) in [6.45, 7) is 0. The van der Waals surface area contributed by atoms with Crippen molar-refractivity contribution in [3.05, 3.63) is 78.5 Å². The molecule has 1 aromatic heterocycles. The number of fused-ring (bicyclic) bond motifs is 1. The third-order valence-corrected chi connectivity index (χ3v) is 4.05. The molecule has 0 bridgehead atoms. The van der Waals surface area contributed by atoms with Crippen LogP contribution in [-0.2, 0) is 0 Å². The Hall–Kier alpha value is -2.41. The van der Waals surface area contributed by atoms with Crippen molar-refractivity contribution in [2.45, 2.75) is 12.3 Å². The molecule has 0 radical (unpaired) electrons. The monoisotopic (exact) mass is 257 g/mol. The fourth-order valence-corrected chi connectivity index (χ4v) is 2.87. The Balaban J connectivity index is 1.98. The number of nitrogens with zero attached hydrogens (tertiary/aromatic N) is 1. The van der Waals surface area contributed by atoms with Crippen molar-refractivity contribution in [1.82, 2.24) is 4.98 Å². The number of allylic oxidation sites excluding steroid dienone is 2. The Morgan fingerprint density at radius 2 is 1.70 bits per heavy atom. The molecule has 20 heavy (non-hydrogen) atoms. The van der Waals surface area contributed by atoms with Crippen LogP contribution in [0, 0.1) is 0 Å². The van der Waals surface area contributed by atoms with Gasteiger partial charge in [0.05, 0.1) is 5.69 Å². The molecule has 1 aliphatic rings. The summed E-state index contributed by atoms with van der Waals surface area (Å²) >= 11 is 0. The average Bonchev–Trinajstić information content (AvgIpc) is 2.46. The average molecular weight is 257 g/mol. The van der Waals surface area contributed by atoms with Crippen molar-refractivity contribution in [2.24, 2.45) is 0 Å². The van der Waals surface area contributed by atoms with E-state index in [1.807, 2.05) is 6.20 Å². The summed E-state index contributed by atoms with van der Waals surface area (Å²) in [5.74, 6) is 0.548. The maximum absolute atomic E-state index is 4.65. The van der Waals surface area contributed by atoms with Crippen LogP contribution in [0.4, 0.5) is 0 Å². The van der Waals surface area contributed by atoms with Crippen molar-refractivity contribution in [3.63, 3.8) is 0 Å². The highest BCUT2D eigenvalue weighted by Gasteiger charge is 2.18. The lowest BCUT2D eigenvalue weighted by Crippen LogP contribution is -2.03. The summed E-state index contributed by atoms with van der Waals surface area (Å²) < 4.78 is 0. The van der Waals surface area contributed by atoms with E-state index in [1.165, 1.54) is 21.9 Å². The first-order valence-electron chi connectivity index (χ1n) is 7.03. The lowest BCUT2D eigenvalue weighted by atomic mass is 9.83. The third kappa shape index (κ3) is 1.75. The van der Waals surface area contributed by atoms with Crippen LogP contribution in [0.25, 0.3) is 22.0 Å². The van der Waals surface area contributed by atoms with E-state index < -0.39 is 0 Å². The maximum Gasteiger partial charge on any atom is 0.0783 e. The Kier molecular flexibility index (Phi) is 2.63. The van der Waals surface area contributed by atoms with Gasteiger partial charge in [-0.25, -0.2) is 0 Å². The second kappa shape index (κ2) is 4.61. The molecule has 1 unspecified atom stereocenters. The molecule has 4 rings (SSSR count). The first-order valence-corrected chi connectivity index (χ1v) is 7.03. The van der Waals surface area contributed by atoms with Gasteiger partial charge in [-0.3, -0.25) is 4.98 Å². The Morgan fingerprint density at radius 3 is 2.55 bits per heavy atom. The lowest BCUT2D eigenvalue weighted by Gasteiger charge is -2.21. The minimum Gasteiger partial charge on any atom is -0.256 e. The highest BCUT2D eigenvalue weighted by atomic mass is 14.7. The van der Waals surface area contributed by atoms with Crippen LogP contribution in [0.2, 0.25) is 0 Å². The van der Waals surface area contributed by atoms with E-state index in [0.29, 0.717) is 5.92 Å². The molecular weight excluding hydrogens is 242 g/mol. The quantitative estimate of drug-likeness (QED) is 0.592. The topological polar surface area (TPSA) is 12.9 Å². The molecule has 1 atom stereocenters. The molecule has 1 heterocycles. The molecule has 0 amide bonds. The normalized spacial score (nSPS) is 17.1. The molecule has 0 saturated carbocycles. The summed E-state index contributed by atoms with van der Waals surface area (Å²) in [6, 6.07) is 19.2. The van der Waals surface area contributed by atoms with Gasteiger partial charge >= 0.3 is 0 Å². The molecule has 96 valence electrons. The number of hydrogen-bond acceptors (Lipinski definition) is 1. The molecule has 1 nitrogen and oxygen atoms in total. The Morgan fingerprint density at radius 1 is 0.900 bits per heavy atom. The van der Waals surface area contributed by atoms with Gasteiger partial charge in [-0.15, -0.1) is 0 Å². The molecule has 2 aromatic carbocycles. The number of benzene rings is 2. The minimum atomic E-state index is 0.548. The predicted molar refractivity (Wildman–Crippen MR) is 83.7 cm³/mol. The summed E-state index contributed by atoms with van der Waals surface area (Å²) in [7, 11) is 0. The standard InChI is InChI=1S/C19H15N/c1-2-10-17-15(6-1)12-13-20-19(17)18-11-4-3-9-16(18)14-7-5-8-14/h1-7,9-14H,8H2. The highest BCUT2D eigenvalue weighted by Crippen LogP contribution is 2.37. The van der Waals surface area contributed by atoms with Gasteiger partial charge in [0.15, 0.2) is 0 Å². The molecule has 3 aromatic rings. The Labute approximate surface area is 118 Å². The molecular formula is C19H15N. The van der Waals surface area contributed by atoms with Crippen LogP contribution in [0.1, 0.15) is 17.9 Å². The van der Waals surface area contributed by atoms with Crippen molar-refractivity contribution in [1.29, 1.82) is 0 Å². The number of aromatic nitrogens is 1. The van der Waals surface area contributed by atoms with E-state index in [9.17, 15) is 0 Å². The van der Waals surface area contributed by atoms with Crippen LogP contribution in [-0.4, -0.2) is 4.98 Å². The van der Waals surface area contributed by atoms with E-state index in [4.69, 9.17) is 0 Å². The van der Waals surface area contributed by atoms with Crippen molar-refractivity contribution >= 4 is 10.8 Å². The second-order valence-corrected chi connectivity index (χ2v) is 5.24. The van der Waals surface area contributed by atoms with Crippen molar-refractivity contribution < 1.29 is 0 Å². The van der Waals surface area contributed by atoms with Crippen molar-refractivity contribution in [3.8, 4) is 11.3 Å². The molecule has 0 fully saturated rings. The van der Waals surface area contributed by atoms with Gasteiger partial charge in [-0.05, 0) is 23.4 Å². The third-order valence-electron chi connectivity index (χ3n) is 4.05. The zero-order valence-electron chi connectivity index (χ0n) is 11.2. The molecule has 1 aliphatic carbocycles. The van der Waals surface area contributed by atoms with E-state index in [1.54, 1.807) is 0 Å². The van der Waals surface area contributed by atoms with Crippen LogP contribution in [0.5, 0.6) is 0 Å². The Bertz CT molecular complexity index is 796. The predicted octanol–water partition coefficient (Wildman–Crippen LogP) is 4.95. The maximum atomic E-state index is 4.65. The summed E-state index contributed by atoms with van der Waals surface area (Å²) in [4.78, 5) is 4.65. The van der Waals surface area contributed by atoms with Gasteiger partial charge in [-0.1, -0.05) is 60.7 Å². The van der Waals surface area contributed by atoms with Gasteiger partial charge in [0, 0.05) is 23.1 Å². The largest absolute Gasteiger partial charge is 0.256 e. The second-order valence-electron chi connectivity index (χ2n) is 5.24. The van der Waals surface area contributed by atoms with E-state index in [0.717, 1.165) is 12.1 Å². The molecule has 1 heteroatoms.